The standard InChI is InChI=1S/C66H47N5/c1-8-23-48(24-9-1)67(49-25-10-2-11-26-49)55-37-22-38-56(43-55)71-64-45-58(69(52-31-16-5-17-32-52)53-33-18-6-19-34-53)40-42-60(64)62-46-65-61(47-66(62)71)59-41-39-57(44-63(59)70(65)54-35-20-7-21-36-54)68(50-27-12-3-13-28-50)51-29-14-4-15-30-51/h1-47H. The van der Waals surface area contributed by atoms with Crippen LogP contribution in [0.25, 0.3) is 55.0 Å². The fourth-order valence-electron chi connectivity index (χ4n) is 10.5. The number of hydrogen-bond donors (Lipinski definition) is 0. The lowest BCUT2D eigenvalue weighted by atomic mass is 10.1. The van der Waals surface area contributed by atoms with Crippen LogP contribution in [0.1, 0.15) is 0 Å². The molecule has 11 aromatic carbocycles. The van der Waals surface area contributed by atoms with E-state index in [0.717, 1.165) is 84.6 Å². The molecule has 2 heterocycles. The zero-order valence-corrected chi connectivity index (χ0v) is 38.9. The summed E-state index contributed by atoms with van der Waals surface area (Å²) < 4.78 is 4.93. The first-order chi connectivity index (χ1) is 35.2. The summed E-state index contributed by atoms with van der Waals surface area (Å²) >= 11 is 0. The summed E-state index contributed by atoms with van der Waals surface area (Å²) in [6, 6.07) is 102. The monoisotopic (exact) mass is 909 g/mol. The number of nitrogens with zero attached hydrogens (tertiary/aromatic N) is 5. The summed E-state index contributed by atoms with van der Waals surface area (Å²) in [6.45, 7) is 0. The average molecular weight is 910 g/mol. The highest BCUT2D eigenvalue weighted by molar-refractivity contribution is 6.20. The molecule has 0 saturated carbocycles. The lowest BCUT2D eigenvalue weighted by molar-refractivity contribution is 1.16. The smallest absolute Gasteiger partial charge is 0.0561 e. The molecule has 0 unspecified atom stereocenters. The van der Waals surface area contributed by atoms with Gasteiger partial charge in [0.15, 0.2) is 0 Å². The Bertz CT molecular complexity index is 3850. The SMILES string of the molecule is c1ccc(N(c2ccccc2)c2cccc(-n3c4cc(N(c5ccccc5)c5ccccc5)ccc4c4cc5c(cc43)c3ccc(N(c4ccccc4)c4ccccc4)cc3n5-c3ccccc3)c2)cc1. The van der Waals surface area contributed by atoms with Crippen LogP contribution in [-0.4, -0.2) is 9.13 Å². The van der Waals surface area contributed by atoms with E-state index in [2.05, 4.69) is 309 Å². The molecule has 0 fully saturated rings. The Morgan fingerprint density at radius 1 is 0.183 bits per heavy atom. The van der Waals surface area contributed by atoms with Crippen LogP contribution in [0.3, 0.4) is 0 Å². The van der Waals surface area contributed by atoms with Crippen molar-refractivity contribution in [1.82, 2.24) is 9.13 Å². The first kappa shape index (κ1) is 41.6. The minimum absolute atomic E-state index is 1.07. The zero-order valence-electron chi connectivity index (χ0n) is 38.9. The predicted molar refractivity (Wildman–Crippen MR) is 299 cm³/mol. The minimum Gasteiger partial charge on any atom is -0.310 e. The van der Waals surface area contributed by atoms with E-state index in [1.54, 1.807) is 0 Å². The first-order valence-electron chi connectivity index (χ1n) is 24.2. The fourth-order valence-corrected chi connectivity index (χ4v) is 10.5. The highest BCUT2D eigenvalue weighted by atomic mass is 15.2. The Balaban J connectivity index is 1.09. The molecule has 0 aliphatic rings. The van der Waals surface area contributed by atoms with Crippen LogP contribution in [0, 0.1) is 0 Å². The predicted octanol–water partition coefficient (Wildman–Crippen LogP) is 18.3. The lowest BCUT2D eigenvalue weighted by Gasteiger charge is -2.26. The number of benzene rings is 11. The highest BCUT2D eigenvalue weighted by Gasteiger charge is 2.23. The van der Waals surface area contributed by atoms with Crippen LogP contribution < -0.4 is 14.7 Å². The van der Waals surface area contributed by atoms with E-state index >= 15 is 0 Å². The maximum absolute atomic E-state index is 2.48. The molecular formula is C66H47N5. The van der Waals surface area contributed by atoms with Crippen molar-refractivity contribution in [3.05, 3.63) is 285 Å². The molecule has 336 valence electrons. The van der Waals surface area contributed by atoms with Gasteiger partial charge in [-0.15, -0.1) is 0 Å². The summed E-state index contributed by atoms with van der Waals surface area (Å²) in [5.74, 6) is 0. The number of aromatic nitrogens is 2. The van der Waals surface area contributed by atoms with E-state index in [4.69, 9.17) is 0 Å². The Hall–Kier alpha value is -9.58. The van der Waals surface area contributed by atoms with Gasteiger partial charge in [-0.3, -0.25) is 0 Å². The summed E-state index contributed by atoms with van der Waals surface area (Å²) in [4.78, 5) is 7.04. The topological polar surface area (TPSA) is 19.6 Å². The van der Waals surface area contributed by atoms with Crippen molar-refractivity contribution in [2.24, 2.45) is 0 Å². The largest absolute Gasteiger partial charge is 0.310 e. The van der Waals surface area contributed by atoms with Crippen molar-refractivity contribution in [2.75, 3.05) is 14.7 Å². The van der Waals surface area contributed by atoms with Crippen LogP contribution in [0.2, 0.25) is 0 Å². The summed E-state index contributed by atoms with van der Waals surface area (Å²) in [6.07, 6.45) is 0. The molecule has 0 aliphatic heterocycles. The van der Waals surface area contributed by atoms with Crippen molar-refractivity contribution < 1.29 is 0 Å². The third-order valence-corrected chi connectivity index (χ3v) is 13.6. The molecule has 0 aliphatic carbocycles. The Morgan fingerprint density at radius 2 is 0.451 bits per heavy atom. The van der Waals surface area contributed by atoms with Gasteiger partial charge in [0, 0.05) is 84.1 Å². The second-order valence-corrected chi connectivity index (χ2v) is 17.8. The molecular weight excluding hydrogens is 863 g/mol. The number of rotatable bonds is 11. The molecule has 71 heavy (non-hydrogen) atoms. The zero-order chi connectivity index (χ0) is 47.1. The molecule has 0 spiro atoms. The van der Waals surface area contributed by atoms with E-state index in [1.165, 1.54) is 21.5 Å². The Labute approximate surface area is 413 Å². The van der Waals surface area contributed by atoms with Gasteiger partial charge < -0.3 is 23.8 Å². The van der Waals surface area contributed by atoms with E-state index in [9.17, 15) is 0 Å². The summed E-state index contributed by atoms with van der Waals surface area (Å²) in [5, 5.41) is 4.71. The van der Waals surface area contributed by atoms with Gasteiger partial charge in [-0.05, 0) is 140 Å². The fraction of sp³-hybridized carbons (Fsp3) is 0. The van der Waals surface area contributed by atoms with Crippen molar-refractivity contribution >= 4 is 94.8 Å². The van der Waals surface area contributed by atoms with E-state index < -0.39 is 0 Å². The Morgan fingerprint density at radius 3 is 0.803 bits per heavy atom. The number of hydrogen-bond acceptors (Lipinski definition) is 3. The Kier molecular flexibility index (Phi) is 10.4. The third-order valence-electron chi connectivity index (χ3n) is 13.6. The highest BCUT2D eigenvalue weighted by Crippen LogP contribution is 2.45. The van der Waals surface area contributed by atoms with Gasteiger partial charge in [-0.1, -0.05) is 146 Å². The lowest BCUT2D eigenvalue weighted by Crippen LogP contribution is -2.10. The molecule has 13 aromatic rings. The summed E-state index contributed by atoms with van der Waals surface area (Å²) in [5.41, 5.74) is 16.5. The van der Waals surface area contributed by atoms with Gasteiger partial charge in [-0.2, -0.15) is 0 Å². The molecule has 0 N–H and O–H groups in total. The maximum atomic E-state index is 2.48. The van der Waals surface area contributed by atoms with Gasteiger partial charge in [0.25, 0.3) is 0 Å². The molecule has 5 nitrogen and oxygen atoms in total. The minimum atomic E-state index is 1.07. The third kappa shape index (κ3) is 7.45. The number of para-hydroxylation sites is 7. The van der Waals surface area contributed by atoms with Gasteiger partial charge >= 0.3 is 0 Å². The van der Waals surface area contributed by atoms with Gasteiger partial charge in [0.1, 0.15) is 0 Å². The second-order valence-electron chi connectivity index (χ2n) is 17.8. The van der Waals surface area contributed by atoms with Crippen LogP contribution >= 0.6 is 0 Å². The number of anilines is 9. The van der Waals surface area contributed by atoms with Crippen molar-refractivity contribution in [1.29, 1.82) is 0 Å². The second kappa shape index (κ2) is 17.8. The molecule has 5 heteroatoms. The maximum Gasteiger partial charge on any atom is 0.0561 e. The van der Waals surface area contributed by atoms with E-state index in [0.29, 0.717) is 0 Å². The molecule has 0 saturated heterocycles. The normalized spacial score (nSPS) is 11.4. The van der Waals surface area contributed by atoms with Crippen molar-refractivity contribution in [3.63, 3.8) is 0 Å². The van der Waals surface area contributed by atoms with E-state index in [-0.39, 0.29) is 0 Å². The van der Waals surface area contributed by atoms with Crippen molar-refractivity contribution in [2.45, 2.75) is 0 Å². The van der Waals surface area contributed by atoms with Crippen LogP contribution in [0.5, 0.6) is 0 Å². The summed E-state index contributed by atoms with van der Waals surface area (Å²) in [7, 11) is 0. The molecule has 2 aromatic heterocycles. The van der Waals surface area contributed by atoms with Gasteiger partial charge in [0.05, 0.1) is 22.1 Å². The molecule has 13 rings (SSSR count). The molecule has 0 radical (unpaired) electrons. The molecule has 0 amide bonds. The van der Waals surface area contributed by atoms with Crippen LogP contribution in [-0.2, 0) is 0 Å². The van der Waals surface area contributed by atoms with Gasteiger partial charge in [-0.25, -0.2) is 0 Å². The molecule has 0 bridgehead atoms. The van der Waals surface area contributed by atoms with Crippen LogP contribution in [0.4, 0.5) is 51.2 Å². The quantitative estimate of drug-likeness (QED) is 0.129. The van der Waals surface area contributed by atoms with Crippen LogP contribution in [0.15, 0.2) is 285 Å². The average Bonchev–Trinajstić information content (AvgIpc) is 3.93. The van der Waals surface area contributed by atoms with Gasteiger partial charge in [0.2, 0.25) is 0 Å². The number of fused-ring (bicyclic) bond motifs is 6. The van der Waals surface area contributed by atoms with E-state index in [1.807, 2.05) is 0 Å². The molecule has 0 atom stereocenters. The van der Waals surface area contributed by atoms with Crippen molar-refractivity contribution in [3.8, 4) is 11.4 Å². The first-order valence-corrected chi connectivity index (χ1v) is 24.2.